The molecular formula is C31H37F6N3O4S. The van der Waals surface area contributed by atoms with Gasteiger partial charge < -0.3 is 9.80 Å². The smallest absolute Gasteiger partial charge is 0.338 e. The number of benzene rings is 2. The Bertz CT molecular complexity index is 1510. The van der Waals surface area contributed by atoms with Crippen molar-refractivity contribution in [1.82, 2.24) is 9.80 Å². The number of carbonyl (C=O) groups excluding carboxylic acids is 2. The highest BCUT2D eigenvalue weighted by atomic mass is 32.2. The second-order valence-electron chi connectivity index (χ2n) is 12.2. The molecule has 1 saturated heterocycles. The Labute approximate surface area is 259 Å². The third-order valence-corrected chi connectivity index (χ3v) is 11.0. The lowest BCUT2D eigenvalue weighted by Crippen LogP contribution is -2.55. The summed E-state index contributed by atoms with van der Waals surface area (Å²) in [5, 5.41) is 0. The van der Waals surface area contributed by atoms with Crippen molar-refractivity contribution in [2.24, 2.45) is 5.92 Å². The zero-order valence-corrected chi connectivity index (χ0v) is 26.2. The summed E-state index contributed by atoms with van der Waals surface area (Å²) in [6, 6.07) is 7.16. The van der Waals surface area contributed by atoms with E-state index >= 15 is 0 Å². The van der Waals surface area contributed by atoms with E-state index in [4.69, 9.17) is 0 Å². The van der Waals surface area contributed by atoms with E-state index in [1.54, 1.807) is 25.1 Å². The van der Waals surface area contributed by atoms with E-state index in [1.165, 1.54) is 11.0 Å². The Balaban J connectivity index is 1.69. The van der Waals surface area contributed by atoms with Crippen LogP contribution in [-0.4, -0.2) is 79.7 Å². The second-order valence-corrected chi connectivity index (χ2v) is 14.2. The summed E-state index contributed by atoms with van der Waals surface area (Å²) < 4.78 is 109. The van der Waals surface area contributed by atoms with E-state index in [-0.39, 0.29) is 40.6 Å². The monoisotopic (exact) mass is 661 g/mol. The molecule has 45 heavy (non-hydrogen) atoms. The standard InChI is InChI=1S/C31H37F6N3O4S/c1-19(2)38(4)23-12-13-25(21(16-23)18-45(43,44)27-11-6-5-8-20(27)3)39-15-14-26(28(39)41)40(29(42)31(35,36)37)24-10-7-9-22(17-24)30(32,33)34/h5-11,17,19,21,23,25-26H,12-16,18H2,1-4H3/t21-,23-,25+,26+/m1/s1. The maximum Gasteiger partial charge on any atom is 0.471 e. The maximum absolute atomic E-state index is 13.9. The molecule has 2 aromatic rings. The van der Waals surface area contributed by atoms with E-state index < -0.39 is 63.3 Å². The number of aryl methyl sites for hydroxylation is 1. The molecule has 2 amide bonds. The van der Waals surface area contributed by atoms with Crippen molar-refractivity contribution < 1.29 is 44.3 Å². The van der Waals surface area contributed by atoms with Crippen LogP contribution in [0.25, 0.3) is 0 Å². The topological polar surface area (TPSA) is 78.0 Å². The van der Waals surface area contributed by atoms with Gasteiger partial charge in [-0.25, -0.2) is 8.42 Å². The average molecular weight is 662 g/mol. The normalized spacial score (nSPS) is 23.2. The molecule has 2 fully saturated rings. The molecule has 7 nitrogen and oxygen atoms in total. The Morgan fingerprint density at radius 1 is 1.00 bits per heavy atom. The van der Waals surface area contributed by atoms with Crippen LogP contribution in [0.5, 0.6) is 0 Å². The average Bonchev–Trinajstić information content (AvgIpc) is 3.32. The zero-order valence-electron chi connectivity index (χ0n) is 25.4. The fourth-order valence-electron chi connectivity index (χ4n) is 6.54. The number of halogens is 6. The molecule has 1 aliphatic carbocycles. The van der Waals surface area contributed by atoms with Crippen LogP contribution in [0.4, 0.5) is 32.0 Å². The van der Waals surface area contributed by atoms with Crippen LogP contribution in [-0.2, 0) is 25.6 Å². The molecule has 14 heteroatoms. The van der Waals surface area contributed by atoms with Crippen LogP contribution in [0.2, 0.25) is 0 Å². The van der Waals surface area contributed by atoms with Gasteiger partial charge in [0.2, 0.25) is 5.91 Å². The molecule has 248 valence electrons. The lowest BCUT2D eigenvalue weighted by atomic mass is 9.81. The lowest BCUT2D eigenvalue weighted by molar-refractivity contribution is -0.171. The molecule has 0 spiro atoms. The first-order valence-electron chi connectivity index (χ1n) is 14.7. The number of nitrogens with zero attached hydrogens (tertiary/aromatic N) is 3. The van der Waals surface area contributed by atoms with Crippen LogP contribution < -0.4 is 4.90 Å². The molecule has 2 aromatic carbocycles. The number of anilines is 1. The summed E-state index contributed by atoms with van der Waals surface area (Å²) in [4.78, 5) is 30.2. The molecule has 1 saturated carbocycles. The summed E-state index contributed by atoms with van der Waals surface area (Å²) in [6.07, 6.45) is -9.27. The number of hydrogen-bond donors (Lipinski definition) is 0. The van der Waals surface area contributed by atoms with Crippen molar-refractivity contribution in [3.63, 3.8) is 0 Å². The summed E-state index contributed by atoms with van der Waals surface area (Å²) in [5.41, 5.74) is -1.41. The first-order valence-corrected chi connectivity index (χ1v) is 16.4. The third-order valence-electron chi connectivity index (χ3n) is 9.00. The second kappa shape index (κ2) is 12.9. The van der Waals surface area contributed by atoms with Crippen LogP contribution >= 0.6 is 0 Å². The number of likely N-dealkylation sites (tertiary alicyclic amines) is 1. The highest BCUT2D eigenvalue weighted by Gasteiger charge is 2.51. The van der Waals surface area contributed by atoms with Gasteiger partial charge >= 0.3 is 18.3 Å². The fraction of sp³-hybridized carbons (Fsp3) is 0.548. The van der Waals surface area contributed by atoms with Crippen molar-refractivity contribution in [3.8, 4) is 0 Å². The van der Waals surface area contributed by atoms with Crippen LogP contribution in [0, 0.1) is 12.8 Å². The summed E-state index contributed by atoms with van der Waals surface area (Å²) in [6.45, 7) is 5.59. The highest BCUT2D eigenvalue weighted by Crippen LogP contribution is 2.39. The first-order chi connectivity index (χ1) is 20.8. The molecule has 1 heterocycles. The molecule has 4 rings (SSSR count). The van der Waals surface area contributed by atoms with Crippen molar-refractivity contribution in [2.75, 3.05) is 24.2 Å². The summed E-state index contributed by atoms with van der Waals surface area (Å²) in [5.74, 6) is -4.21. The van der Waals surface area contributed by atoms with Gasteiger partial charge in [0.15, 0.2) is 9.84 Å². The van der Waals surface area contributed by atoms with Gasteiger partial charge in [0.05, 0.1) is 16.2 Å². The molecule has 0 aromatic heterocycles. The van der Waals surface area contributed by atoms with Gasteiger partial charge in [0.25, 0.3) is 0 Å². The predicted molar refractivity (Wildman–Crippen MR) is 156 cm³/mol. The molecule has 0 radical (unpaired) electrons. The Kier molecular flexibility index (Phi) is 9.99. The van der Waals surface area contributed by atoms with Crippen molar-refractivity contribution >= 4 is 27.3 Å². The lowest BCUT2D eigenvalue weighted by Gasteiger charge is -2.44. The van der Waals surface area contributed by atoms with Gasteiger partial charge in [-0.2, -0.15) is 26.3 Å². The molecule has 0 N–H and O–H groups in total. The van der Waals surface area contributed by atoms with Gasteiger partial charge in [-0.3, -0.25) is 14.5 Å². The summed E-state index contributed by atoms with van der Waals surface area (Å²) >= 11 is 0. The number of carbonyl (C=O) groups is 2. The zero-order chi connectivity index (χ0) is 33.5. The molecule has 1 aliphatic heterocycles. The third kappa shape index (κ3) is 7.48. The number of rotatable bonds is 8. The van der Waals surface area contributed by atoms with E-state index in [1.807, 2.05) is 20.9 Å². The first kappa shape index (κ1) is 34.7. The van der Waals surface area contributed by atoms with Crippen LogP contribution in [0.1, 0.15) is 50.7 Å². The Morgan fingerprint density at radius 3 is 2.27 bits per heavy atom. The van der Waals surface area contributed by atoms with E-state index in [9.17, 15) is 44.3 Å². The van der Waals surface area contributed by atoms with Gasteiger partial charge in [-0.15, -0.1) is 0 Å². The van der Waals surface area contributed by atoms with Crippen LogP contribution in [0.3, 0.4) is 0 Å². The SMILES string of the molecule is Cc1ccccc1S(=O)(=O)C[C@H]1C[C@H](N(C)C(C)C)CC[C@@H]1N1CC[C@H](N(C(=O)C(F)(F)F)c2cccc(C(F)(F)F)c2)C1=O. The minimum absolute atomic E-state index is 0.0137. The number of amides is 2. The minimum atomic E-state index is -5.47. The van der Waals surface area contributed by atoms with Crippen molar-refractivity contribution in [3.05, 3.63) is 59.7 Å². The molecule has 0 unspecified atom stereocenters. The number of alkyl halides is 6. The van der Waals surface area contributed by atoms with Gasteiger partial charge in [0, 0.05) is 30.4 Å². The molecular weight excluding hydrogens is 624 g/mol. The van der Waals surface area contributed by atoms with Crippen molar-refractivity contribution in [2.45, 2.75) is 87.9 Å². The van der Waals surface area contributed by atoms with Gasteiger partial charge in [0.1, 0.15) is 6.04 Å². The molecule has 2 aliphatic rings. The predicted octanol–water partition coefficient (Wildman–Crippen LogP) is 5.86. The highest BCUT2D eigenvalue weighted by molar-refractivity contribution is 7.91. The number of sulfone groups is 1. The molecule has 0 bridgehead atoms. The Hall–Kier alpha value is -3.13. The quantitative estimate of drug-likeness (QED) is 0.332. The van der Waals surface area contributed by atoms with Crippen LogP contribution in [0.15, 0.2) is 53.4 Å². The van der Waals surface area contributed by atoms with E-state index in [0.29, 0.717) is 37.0 Å². The van der Waals surface area contributed by atoms with E-state index in [0.717, 1.165) is 12.1 Å². The summed E-state index contributed by atoms with van der Waals surface area (Å²) in [7, 11) is -1.91. The van der Waals surface area contributed by atoms with Crippen molar-refractivity contribution in [1.29, 1.82) is 0 Å². The number of hydrogen-bond acceptors (Lipinski definition) is 5. The van der Waals surface area contributed by atoms with Gasteiger partial charge in [-0.05, 0) is 89.2 Å². The van der Waals surface area contributed by atoms with Gasteiger partial charge in [-0.1, -0.05) is 24.3 Å². The van der Waals surface area contributed by atoms with E-state index in [2.05, 4.69) is 4.90 Å². The minimum Gasteiger partial charge on any atom is -0.338 e. The molecule has 4 atom stereocenters. The maximum atomic E-state index is 13.9. The largest absolute Gasteiger partial charge is 0.471 e. The Morgan fingerprint density at radius 2 is 1.67 bits per heavy atom. The fourth-order valence-corrected chi connectivity index (χ4v) is 8.49.